The molecule has 4 nitrogen and oxygen atoms in total. The van der Waals surface area contributed by atoms with Crippen LogP contribution < -0.4 is 5.32 Å². The molecular weight excluding hydrogens is 216 g/mol. The van der Waals surface area contributed by atoms with Gasteiger partial charge in [-0.3, -0.25) is 19.8 Å². The Kier molecular flexibility index (Phi) is 4.15. The molecule has 0 radical (unpaired) electrons. The van der Waals surface area contributed by atoms with Gasteiger partial charge in [-0.1, -0.05) is 26.2 Å². The van der Waals surface area contributed by atoms with Crippen LogP contribution in [-0.2, 0) is 9.59 Å². The van der Waals surface area contributed by atoms with Gasteiger partial charge in [-0.15, -0.1) is 0 Å². The average molecular weight is 238 g/mol. The van der Waals surface area contributed by atoms with E-state index < -0.39 is 0 Å². The van der Waals surface area contributed by atoms with Gasteiger partial charge in [-0.25, -0.2) is 0 Å². The zero-order valence-corrected chi connectivity index (χ0v) is 10.6. The molecule has 0 aromatic heterocycles. The molecule has 4 heteroatoms. The topological polar surface area (TPSA) is 49.4 Å². The van der Waals surface area contributed by atoms with Crippen LogP contribution in [0.2, 0.25) is 0 Å². The number of piperazine rings is 1. The summed E-state index contributed by atoms with van der Waals surface area (Å²) in [5, 5.41) is 2.33. The summed E-state index contributed by atoms with van der Waals surface area (Å²) in [6, 6.07) is 0. The number of imide groups is 1. The molecule has 1 aliphatic heterocycles. The fourth-order valence-corrected chi connectivity index (χ4v) is 3.04. The van der Waals surface area contributed by atoms with Crippen LogP contribution in [0.4, 0.5) is 0 Å². The number of carbonyl (C=O) groups excluding carboxylic acids is 2. The number of hydrogen-bond donors (Lipinski definition) is 1. The summed E-state index contributed by atoms with van der Waals surface area (Å²) in [4.78, 5) is 24.4. The number of carbonyl (C=O) groups is 2. The predicted molar refractivity (Wildman–Crippen MR) is 65.3 cm³/mol. The Labute approximate surface area is 103 Å². The van der Waals surface area contributed by atoms with Crippen molar-refractivity contribution in [3.05, 3.63) is 0 Å². The molecule has 1 heterocycles. The van der Waals surface area contributed by atoms with Crippen LogP contribution in [0.1, 0.15) is 39.0 Å². The molecule has 17 heavy (non-hydrogen) atoms. The number of rotatable bonds is 3. The smallest absolute Gasteiger partial charge is 0.240 e. The molecule has 1 aliphatic carbocycles. The molecule has 2 atom stereocenters. The third-order valence-corrected chi connectivity index (χ3v) is 3.91. The van der Waals surface area contributed by atoms with E-state index in [0.717, 1.165) is 24.8 Å². The largest absolute Gasteiger partial charge is 0.294 e. The lowest BCUT2D eigenvalue weighted by molar-refractivity contribution is -0.136. The molecule has 1 saturated heterocycles. The summed E-state index contributed by atoms with van der Waals surface area (Å²) in [7, 11) is 0. The highest BCUT2D eigenvalue weighted by Gasteiger charge is 2.24. The van der Waals surface area contributed by atoms with Crippen LogP contribution in [-0.4, -0.2) is 36.3 Å². The summed E-state index contributed by atoms with van der Waals surface area (Å²) in [6.07, 6.45) is 6.46. The zero-order chi connectivity index (χ0) is 12.3. The Morgan fingerprint density at radius 1 is 1.24 bits per heavy atom. The minimum absolute atomic E-state index is 0.154. The summed E-state index contributed by atoms with van der Waals surface area (Å²) in [5.74, 6) is 1.33. The Balaban J connectivity index is 1.73. The van der Waals surface area contributed by atoms with Gasteiger partial charge in [0.1, 0.15) is 0 Å². The van der Waals surface area contributed by atoms with Gasteiger partial charge in [0.25, 0.3) is 0 Å². The first-order valence-corrected chi connectivity index (χ1v) is 6.68. The standard InChI is InChI=1S/C13H22N2O2/c1-10-3-2-4-11(7-10)5-6-15-8-12(16)14-13(17)9-15/h10-11H,2-9H2,1H3,(H,14,16,17). The lowest BCUT2D eigenvalue weighted by Gasteiger charge is -2.30. The Hall–Kier alpha value is -0.900. The van der Waals surface area contributed by atoms with Crippen molar-refractivity contribution in [1.29, 1.82) is 0 Å². The first-order valence-electron chi connectivity index (χ1n) is 6.68. The summed E-state index contributed by atoms with van der Waals surface area (Å²) >= 11 is 0. The van der Waals surface area contributed by atoms with E-state index in [1.165, 1.54) is 25.7 Å². The average Bonchev–Trinajstić information content (AvgIpc) is 2.25. The third-order valence-electron chi connectivity index (χ3n) is 3.91. The first kappa shape index (κ1) is 12.6. The van der Waals surface area contributed by atoms with Gasteiger partial charge >= 0.3 is 0 Å². The van der Waals surface area contributed by atoms with E-state index in [-0.39, 0.29) is 11.8 Å². The van der Waals surface area contributed by atoms with E-state index in [2.05, 4.69) is 12.2 Å². The third kappa shape index (κ3) is 3.80. The van der Waals surface area contributed by atoms with E-state index in [0.29, 0.717) is 13.1 Å². The van der Waals surface area contributed by atoms with Gasteiger partial charge in [0.05, 0.1) is 13.1 Å². The van der Waals surface area contributed by atoms with Gasteiger partial charge < -0.3 is 0 Å². The Morgan fingerprint density at radius 2 is 1.94 bits per heavy atom. The van der Waals surface area contributed by atoms with Crippen molar-refractivity contribution < 1.29 is 9.59 Å². The molecule has 0 bridgehead atoms. The maximum absolute atomic E-state index is 11.2. The molecule has 96 valence electrons. The van der Waals surface area contributed by atoms with Gasteiger partial charge in [-0.2, -0.15) is 0 Å². The van der Waals surface area contributed by atoms with Gasteiger partial charge in [0, 0.05) is 0 Å². The molecule has 0 spiro atoms. The van der Waals surface area contributed by atoms with Gasteiger partial charge in [0.15, 0.2) is 0 Å². The van der Waals surface area contributed by atoms with E-state index in [4.69, 9.17) is 0 Å². The first-order chi connectivity index (χ1) is 8.13. The van der Waals surface area contributed by atoms with Crippen molar-refractivity contribution in [3.63, 3.8) is 0 Å². The Bertz CT molecular complexity index is 288. The van der Waals surface area contributed by atoms with Crippen LogP contribution in [0.15, 0.2) is 0 Å². The molecule has 0 aromatic carbocycles. The SMILES string of the molecule is CC1CCCC(CCN2CC(=O)NC(=O)C2)C1. The van der Waals surface area contributed by atoms with Crippen molar-refractivity contribution in [2.24, 2.45) is 11.8 Å². The maximum atomic E-state index is 11.2. The molecule has 2 amide bonds. The number of nitrogens with one attached hydrogen (secondary N) is 1. The highest BCUT2D eigenvalue weighted by atomic mass is 16.2. The van der Waals surface area contributed by atoms with Crippen molar-refractivity contribution in [1.82, 2.24) is 10.2 Å². The van der Waals surface area contributed by atoms with E-state index in [1.54, 1.807) is 0 Å². The highest BCUT2D eigenvalue weighted by molar-refractivity contribution is 5.99. The van der Waals surface area contributed by atoms with Crippen LogP contribution in [0, 0.1) is 11.8 Å². The fourth-order valence-electron chi connectivity index (χ4n) is 3.04. The summed E-state index contributed by atoms with van der Waals surface area (Å²) in [6.45, 7) is 3.97. The molecule has 1 N–H and O–H groups in total. The number of hydrogen-bond acceptors (Lipinski definition) is 3. The predicted octanol–water partition coefficient (Wildman–Crippen LogP) is 1.16. The van der Waals surface area contributed by atoms with Crippen LogP contribution in [0.3, 0.4) is 0 Å². The molecular formula is C13H22N2O2. The van der Waals surface area contributed by atoms with Gasteiger partial charge in [-0.05, 0) is 31.2 Å². The molecule has 0 aromatic rings. The summed E-state index contributed by atoms with van der Waals surface area (Å²) < 4.78 is 0. The minimum atomic E-state index is -0.154. The second kappa shape index (κ2) is 5.63. The highest BCUT2D eigenvalue weighted by Crippen LogP contribution is 2.30. The maximum Gasteiger partial charge on any atom is 0.240 e. The monoisotopic (exact) mass is 238 g/mol. The molecule has 2 rings (SSSR count). The normalized spacial score (nSPS) is 31.4. The van der Waals surface area contributed by atoms with Crippen molar-refractivity contribution in [2.75, 3.05) is 19.6 Å². The second-order valence-corrected chi connectivity index (χ2v) is 5.61. The van der Waals surface area contributed by atoms with Gasteiger partial charge in [0.2, 0.25) is 11.8 Å². The second-order valence-electron chi connectivity index (χ2n) is 5.61. The van der Waals surface area contributed by atoms with E-state index >= 15 is 0 Å². The van der Waals surface area contributed by atoms with Crippen molar-refractivity contribution in [2.45, 2.75) is 39.0 Å². The lowest BCUT2D eigenvalue weighted by atomic mass is 9.81. The van der Waals surface area contributed by atoms with E-state index in [9.17, 15) is 9.59 Å². The molecule has 2 aliphatic rings. The number of amides is 2. The summed E-state index contributed by atoms with van der Waals surface area (Å²) in [5.41, 5.74) is 0. The van der Waals surface area contributed by atoms with Crippen molar-refractivity contribution >= 4 is 11.8 Å². The van der Waals surface area contributed by atoms with Crippen LogP contribution in [0.25, 0.3) is 0 Å². The van der Waals surface area contributed by atoms with E-state index in [1.807, 2.05) is 4.90 Å². The molecule has 1 saturated carbocycles. The quantitative estimate of drug-likeness (QED) is 0.751. The number of nitrogens with zero attached hydrogens (tertiary/aromatic N) is 1. The van der Waals surface area contributed by atoms with Crippen molar-refractivity contribution in [3.8, 4) is 0 Å². The zero-order valence-electron chi connectivity index (χ0n) is 10.6. The molecule has 2 unspecified atom stereocenters. The Morgan fingerprint density at radius 3 is 2.59 bits per heavy atom. The fraction of sp³-hybridized carbons (Fsp3) is 0.846. The van der Waals surface area contributed by atoms with Crippen LogP contribution >= 0.6 is 0 Å². The van der Waals surface area contributed by atoms with Crippen LogP contribution in [0.5, 0.6) is 0 Å². The minimum Gasteiger partial charge on any atom is -0.294 e. The lowest BCUT2D eigenvalue weighted by Crippen LogP contribution is -2.51. The molecule has 2 fully saturated rings.